The number of rotatable bonds is 3. The molecule has 3 nitrogen and oxygen atoms in total. The van der Waals surface area contributed by atoms with Crippen LogP contribution in [0.2, 0.25) is 0 Å². The average Bonchev–Trinajstić information content (AvgIpc) is 2.81. The Bertz CT molecular complexity index is 601. The Kier molecular flexibility index (Phi) is 4.78. The van der Waals surface area contributed by atoms with Gasteiger partial charge in [-0.1, -0.05) is 51.5 Å². The van der Waals surface area contributed by atoms with Gasteiger partial charge in [0.15, 0.2) is 5.79 Å². The van der Waals surface area contributed by atoms with Crippen LogP contribution in [-0.4, -0.2) is 28.7 Å². The molecular weight excluding hydrogens is 324 g/mol. The van der Waals surface area contributed by atoms with Gasteiger partial charge in [-0.3, -0.25) is 0 Å². The molecule has 4 unspecified atom stereocenters. The van der Waals surface area contributed by atoms with Crippen LogP contribution in [0, 0.1) is 22.7 Å². The molecule has 2 saturated carbocycles. The van der Waals surface area contributed by atoms with Crippen LogP contribution < -0.4 is 0 Å². The Balaban J connectivity index is 2.10. The molecule has 0 aromatic rings. The highest BCUT2D eigenvalue weighted by molar-refractivity contribution is 5.20. The first-order chi connectivity index (χ1) is 11.8. The fourth-order valence-corrected chi connectivity index (χ4v) is 6.59. The first-order valence-corrected chi connectivity index (χ1v) is 10.2. The van der Waals surface area contributed by atoms with Crippen molar-refractivity contribution in [2.45, 2.75) is 97.7 Å². The lowest BCUT2D eigenvalue weighted by atomic mass is 9.43. The zero-order chi connectivity index (χ0) is 19.5. The van der Waals surface area contributed by atoms with Gasteiger partial charge in [-0.15, -0.1) is 0 Å². The molecule has 148 valence electrons. The molecule has 0 bridgehead atoms. The van der Waals surface area contributed by atoms with E-state index in [1.807, 2.05) is 26.8 Å². The van der Waals surface area contributed by atoms with Crippen molar-refractivity contribution in [3.63, 3.8) is 0 Å². The van der Waals surface area contributed by atoms with E-state index in [9.17, 15) is 5.11 Å². The molecule has 26 heavy (non-hydrogen) atoms. The van der Waals surface area contributed by atoms with E-state index in [1.54, 1.807) is 0 Å². The fraction of sp³-hybridized carbons (Fsp3) is 0.826. The van der Waals surface area contributed by atoms with Crippen LogP contribution in [0.3, 0.4) is 0 Å². The molecule has 3 heteroatoms. The maximum atomic E-state index is 11.7. The Labute approximate surface area is 159 Å². The maximum Gasteiger partial charge on any atom is 0.163 e. The number of hydrogen-bond acceptors (Lipinski definition) is 3. The van der Waals surface area contributed by atoms with E-state index in [0.29, 0.717) is 5.92 Å². The van der Waals surface area contributed by atoms with Crippen LogP contribution in [0.15, 0.2) is 24.3 Å². The fourth-order valence-electron chi connectivity index (χ4n) is 6.59. The zero-order valence-electron chi connectivity index (χ0n) is 17.8. The van der Waals surface area contributed by atoms with E-state index < -0.39 is 11.4 Å². The van der Waals surface area contributed by atoms with Gasteiger partial charge in [0.2, 0.25) is 0 Å². The molecule has 0 spiro atoms. The molecular formula is C23H38O3. The summed E-state index contributed by atoms with van der Waals surface area (Å²) in [6.07, 6.45) is 8.18. The second-order valence-electron chi connectivity index (χ2n) is 10.5. The van der Waals surface area contributed by atoms with Crippen molar-refractivity contribution >= 4 is 0 Å². The number of hydrogen-bond donors (Lipinski definition) is 1. The van der Waals surface area contributed by atoms with E-state index in [4.69, 9.17) is 9.47 Å². The van der Waals surface area contributed by atoms with Crippen LogP contribution in [0.1, 0.15) is 74.1 Å². The number of aliphatic hydroxyl groups is 1. The van der Waals surface area contributed by atoms with Crippen molar-refractivity contribution in [2.75, 3.05) is 0 Å². The molecule has 2 aliphatic carbocycles. The molecule has 1 N–H and O–H groups in total. The summed E-state index contributed by atoms with van der Waals surface area (Å²) in [5.74, 6) is -0.137. The Morgan fingerprint density at radius 1 is 1.12 bits per heavy atom. The summed E-state index contributed by atoms with van der Waals surface area (Å²) in [4.78, 5) is 0. The molecule has 3 aliphatic rings. The van der Waals surface area contributed by atoms with Gasteiger partial charge < -0.3 is 14.6 Å². The van der Waals surface area contributed by atoms with Gasteiger partial charge in [0.25, 0.3) is 0 Å². The highest BCUT2D eigenvalue weighted by Crippen LogP contribution is 2.65. The largest absolute Gasteiger partial charge is 0.387 e. The second kappa shape index (κ2) is 6.18. The first kappa shape index (κ1) is 20.1. The Hall–Kier alpha value is -0.640. The molecule has 6 atom stereocenters. The summed E-state index contributed by atoms with van der Waals surface area (Å²) in [6, 6.07) is 0. The lowest BCUT2D eigenvalue weighted by Crippen LogP contribution is -2.68. The predicted molar refractivity (Wildman–Crippen MR) is 106 cm³/mol. The Morgan fingerprint density at radius 2 is 1.77 bits per heavy atom. The van der Waals surface area contributed by atoms with E-state index in [0.717, 1.165) is 12.8 Å². The van der Waals surface area contributed by atoms with E-state index in [2.05, 4.69) is 40.3 Å². The second-order valence-corrected chi connectivity index (χ2v) is 10.5. The van der Waals surface area contributed by atoms with Gasteiger partial charge in [0.1, 0.15) is 6.10 Å². The predicted octanol–water partition coefficient (Wildman–Crippen LogP) is 5.24. The van der Waals surface area contributed by atoms with Gasteiger partial charge in [-0.25, -0.2) is 0 Å². The SMILES string of the molecule is C=CC(C)=CC[C@H]1C(C)(O)C2OC(C)(C)OC2[C@H]2C(C)(C)CCCC21C. The molecule has 1 aliphatic heterocycles. The minimum Gasteiger partial charge on any atom is -0.387 e. The third-order valence-electron chi connectivity index (χ3n) is 7.62. The Morgan fingerprint density at radius 3 is 2.38 bits per heavy atom. The summed E-state index contributed by atoms with van der Waals surface area (Å²) in [7, 11) is 0. The zero-order valence-corrected chi connectivity index (χ0v) is 17.8. The summed E-state index contributed by atoms with van der Waals surface area (Å²) < 4.78 is 12.7. The van der Waals surface area contributed by atoms with Gasteiger partial charge in [-0.2, -0.15) is 0 Å². The van der Waals surface area contributed by atoms with E-state index in [-0.39, 0.29) is 29.0 Å². The smallest absolute Gasteiger partial charge is 0.163 e. The first-order valence-electron chi connectivity index (χ1n) is 10.2. The maximum absolute atomic E-state index is 11.7. The normalized spacial score (nSPS) is 47.2. The minimum absolute atomic E-state index is 0.0220. The van der Waals surface area contributed by atoms with E-state index in [1.165, 1.54) is 18.4 Å². The summed E-state index contributed by atoms with van der Waals surface area (Å²) >= 11 is 0. The molecule has 1 saturated heterocycles. The molecule has 3 rings (SSSR count). The third-order valence-corrected chi connectivity index (χ3v) is 7.62. The van der Waals surface area contributed by atoms with Crippen molar-refractivity contribution in [2.24, 2.45) is 22.7 Å². The van der Waals surface area contributed by atoms with Crippen molar-refractivity contribution < 1.29 is 14.6 Å². The summed E-state index contributed by atoms with van der Waals surface area (Å²) in [5.41, 5.74) is 0.441. The van der Waals surface area contributed by atoms with Crippen LogP contribution in [0.5, 0.6) is 0 Å². The van der Waals surface area contributed by atoms with Crippen molar-refractivity contribution in [1.82, 2.24) is 0 Å². The van der Waals surface area contributed by atoms with Crippen LogP contribution >= 0.6 is 0 Å². The lowest BCUT2D eigenvalue weighted by molar-refractivity contribution is -0.233. The highest BCUT2D eigenvalue weighted by atomic mass is 16.8. The molecule has 0 radical (unpaired) electrons. The van der Waals surface area contributed by atoms with Gasteiger partial charge >= 0.3 is 0 Å². The van der Waals surface area contributed by atoms with Crippen LogP contribution in [0.25, 0.3) is 0 Å². The molecule has 3 fully saturated rings. The number of allylic oxidation sites excluding steroid dienone is 3. The number of fused-ring (bicyclic) bond motifs is 3. The van der Waals surface area contributed by atoms with Gasteiger partial charge in [-0.05, 0) is 69.6 Å². The van der Waals surface area contributed by atoms with Gasteiger partial charge in [0, 0.05) is 0 Å². The minimum atomic E-state index is -0.922. The van der Waals surface area contributed by atoms with E-state index >= 15 is 0 Å². The molecule has 0 amide bonds. The van der Waals surface area contributed by atoms with Crippen LogP contribution in [-0.2, 0) is 9.47 Å². The van der Waals surface area contributed by atoms with Crippen molar-refractivity contribution in [1.29, 1.82) is 0 Å². The highest BCUT2D eigenvalue weighted by Gasteiger charge is 2.69. The number of ether oxygens (including phenoxy) is 2. The average molecular weight is 363 g/mol. The lowest BCUT2D eigenvalue weighted by Gasteiger charge is -2.63. The standard InChI is InChI=1S/C23H38O3/c1-9-15(2)11-12-16-22(7)14-10-13-20(3,4)18(22)17-19(23(16,8)24)26-21(5,6)25-17/h9,11,16-19,24H,1,10,12-14H2,2-8H3/t16-,17?,18+,19?,22?,23?/m1/s1. The van der Waals surface area contributed by atoms with Crippen LogP contribution in [0.4, 0.5) is 0 Å². The van der Waals surface area contributed by atoms with Crippen molar-refractivity contribution in [3.05, 3.63) is 24.3 Å². The molecule has 0 aromatic heterocycles. The third kappa shape index (κ3) is 3.00. The molecule has 1 heterocycles. The molecule has 0 aromatic carbocycles. The van der Waals surface area contributed by atoms with Crippen molar-refractivity contribution in [3.8, 4) is 0 Å². The summed E-state index contributed by atoms with van der Waals surface area (Å²) in [6.45, 7) is 19.0. The quantitative estimate of drug-likeness (QED) is 0.698. The topological polar surface area (TPSA) is 38.7 Å². The summed E-state index contributed by atoms with van der Waals surface area (Å²) in [5, 5.41) is 11.7. The van der Waals surface area contributed by atoms with Gasteiger partial charge in [0.05, 0.1) is 11.7 Å². The monoisotopic (exact) mass is 362 g/mol.